The van der Waals surface area contributed by atoms with Gasteiger partial charge in [-0.15, -0.1) is 0 Å². The lowest BCUT2D eigenvalue weighted by Gasteiger charge is -2.09. The molecule has 1 amide bonds. The van der Waals surface area contributed by atoms with Crippen molar-refractivity contribution >= 4 is 17.3 Å². The van der Waals surface area contributed by atoms with Gasteiger partial charge in [-0.25, -0.2) is 4.39 Å². The van der Waals surface area contributed by atoms with Crippen LogP contribution in [0.2, 0.25) is 0 Å². The molecule has 0 bridgehead atoms. The van der Waals surface area contributed by atoms with Gasteiger partial charge in [0.25, 0.3) is 11.6 Å². The van der Waals surface area contributed by atoms with Crippen molar-refractivity contribution in [2.24, 2.45) is 0 Å². The van der Waals surface area contributed by atoms with Crippen molar-refractivity contribution in [3.63, 3.8) is 0 Å². The second-order valence-electron chi connectivity index (χ2n) is 4.84. The molecular weight excluding hydrogens is 317 g/mol. The molecule has 0 spiro atoms. The standard InChI is InChI=1S/C16H16FN3O4/c1-24-15-7-2-11(10-14(15)17)16(21)19-9-8-18-12-3-5-13(6-4-12)20(22)23/h2-7,10,18H,8-9H2,1H3,(H,19,21). The summed E-state index contributed by atoms with van der Waals surface area (Å²) >= 11 is 0. The average molecular weight is 333 g/mol. The van der Waals surface area contributed by atoms with Gasteiger partial charge >= 0.3 is 0 Å². The maximum absolute atomic E-state index is 13.5. The Labute approximate surface area is 137 Å². The van der Waals surface area contributed by atoms with Gasteiger partial charge in [0.2, 0.25) is 0 Å². The highest BCUT2D eigenvalue weighted by Crippen LogP contribution is 2.17. The van der Waals surface area contributed by atoms with Gasteiger partial charge in [-0.1, -0.05) is 0 Å². The number of anilines is 1. The first-order valence-electron chi connectivity index (χ1n) is 7.11. The summed E-state index contributed by atoms with van der Waals surface area (Å²) in [7, 11) is 1.35. The van der Waals surface area contributed by atoms with E-state index in [1.807, 2.05) is 0 Å². The van der Waals surface area contributed by atoms with Gasteiger partial charge in [-0.05, 0) is 30.3 Å². The van der Waals surface area contributed by atoms with E-state index in [0.29, 0.717) is 18.8 Å². The minimum Gasteiger partial charge on any atom is -0.494 e. The van der Waals surface area contributed by atoms with Crippen LogP contribution in [0, 0.1) is 15.9 Å². The number of halogens is 1. The van der Waals surface area contributed by atoms with Gasteiger partial charge < -0.3 is 15.4 Å². The highest BCUT2D eigenvalue weighted by molar-refractivity contribution is 5.94. The van der Waals surface area contributed by atoms with Crippen LogP contribution in [0.3, 0.4) is 0 Å². The number of hydrogen-bond donors (Lipinski definition) is 2. The third kappa shape index (κ3) is 4.42. The van der Waals surface area contributed by atoms with Crippen molar-refractivity contribution in [1.29, 1.82) is 0 Å². The summed E-state index contributed by atoms with van der Waals surface area (Å²) in [6.07, 6.45) is 0. The van der Waals surface area contributed by atoms with Gasteiger partial charge in [0, 0.05) is 36.5 Å². The molecular formula is C16H16FN3O4. The van der Waals surface area contributed by atoms with Crippen LogP contribution in [0.15, 0.2) is 42.5 Å². The van der Waals surface area contributed by atoms with Crippen molar-refractivity contribution in [3.8, 4) is 5.75 Å². The zero-order chi connectivity index (χ0) is 17.5. The van der Waals surface area contributed by atoms with E-state index in [4.69, 9.17) is 4.74 Å². The highest BCUT2D eigenvalue weighted by Gasteiger charge is 2.09. The second-order valence-corrected chi connectivity index (χ2v) is 4.84. The number of amides is 1. The molecule has 0 aliphatic rings. The Hall–Kier alpha value is -3.16. The lowest BCUT2D eigenvalue weighted by atomic mass is 10.2. The molecule has 0 fully saturated rings. The van der Waals surface area contributed by atoms with E-state index in [9.17, 15) is 19.3 Å². The van der Waals surface area contributed by atoms with Crippen LogP contribution in [0.4, 0.5) is 15.8 Å². The molecule has 2 aromatic carbocycles. The van der Waals surface area contributed by atoms with E-state index in [-0.39, 0.29) is 17.0 Å². The summed E-state index contributed by atoms with van der Waals surface area (Å²) in [6, 6.07) is 9.91. The first-order chi connectivity index (χ1) is 11.5. The van der Waals surface area contributed by atoms with Crippen LogP contribution >= 0.6 is 0 Å². The van der Waals surface area contributed by atoms with Gasteiger partial charge in [0.15, 0.2) is 11.6 Å². The number of nitrogens with zero attached hydrogens (tertiary/aromatic N) is 1. The third-order valence-electron chi connectivity index (χ3n) is 3.23. The molecule has 2 N–H and O–H groups in total. The maximum Gasteiger partial charge on any atom is 0.269 e. The summed E-state index contributed by atoms with van der Waals surface area (Å²) in [5.74, 6) is -0.928. The lowest BCUT2D eigenvalue weighted by molar-refractivity contribution is -0.384. The highest BCUT2D eigenvalue weighted by atomic mass is 19.1. The summed E-state index contributed by atoms with van der Waals surface area (Å²) in [5, 5.41) is 16.2. The Morgan fingerprint density at radius 3 is 2.50 bits per heavy atom. The fraction of sp³-hybridized carbons (Fsp3) is 0.188. The third-order valence-corrected chi connectivity index (χ3v) is 3.23. The Bertz CT molecular complexity index is 735. The summed E-state index contributed by atoms with van der Waals surface area (Å²) in [6.45, 7) is 0.728. The number of methoxy groups -OCH3 is 1. The van der Waals surface area contributed by atoms with Crippen molar-refractivity contribution in [1.82, 2.24) is 5.32 Å². The smallest absolute Gasteiger partial charge is 0.269 e. The van der Waals surface area contributed by atoms with Gasteiger partial charge in [-0.3, -0.25) is 14.9 Å². The fourth-order valence-electron chi connectivity index (χ4n) is 1.99. The Kier molecular flexibility index (Phi) is 5.67. The first-order valence-corrected chi connectivity index (χ1v) is 7.11. The molecule has 0 aliphatic carbocycles. The summed E-state index contributed by atoms with van der Waals surface area (Å²) in [4.78, 5) is 22.0. The zero-order valence-electron chi connectivity index (χ0n) is 12.9. The predicted octanol–water partition coefficient (Wildman–Crippen LogP) is 2.58. The fourth-order valence-corrected chi connectivity index (χ4v) is 1.99. The van der Waals surface area contributed by atoms with E-state index in [2.05, 4.69) is 10.6 Å². The normalized spacial score (nSPS) is 10.1. The number of rotatable bonds is 7. The molecule has 126 valence electrons. The van der Waals surface area contributed by atoms with E-state index in [0.717, 1.165) is 6.07 Å². The molecule has 2 rings (SSSR count). The van der Waals surface area contributed by atoms with Crippen molar-refractivity contribution in [3.05, 3.63) is 64.0 Å². The molecule has 7 nitrogen and oxygen atoms in total. The Morgan fingerprint density at radius 1 is 1.21 bits per heavy atom. The van der Waals surface area contributed by atoms with E-state index >= 15 is 0 Å². The molecule has 0 radical (unpaired) electrons. The molecule has 0 unspecified atom stereocenters. The van der Waals surface area contributed by atoms with Crippen molar-refractivity contribution in [2.45, 2.75) is 0 Å². The zero-order valence-corrected chi connectivity index (χ0v) is 12.9. The van der Waals surface area contributed by atoms with Gasteiger partial charge in [0.05, 0.1) is 12.0 Å². The molecule has 8 heteroatoms. The molecule has 0 atom stereocenters. The Morgan fingerprint density at radius 2 is 1.92 bits per heavy atom. The molecule has 0 saturated heterocycles. The largest absolute Gasteiger partial charge is 0.494 e. The molecule has 0 heterocycles. The lowest BCUT2D eigenvalue weighted by Crippen LogP contribution is -2.28. The molecule has 24 heavy (non-hydrogen) atoms. The monoisotopic (exact) mass is 333 g/mol. The maximum atomic E-state index is 13.5. The number of carbonyl (C=O) groups is 1. The van der Waals surface area contributed by atoms with E-state index in [1.165, 1.54) is 31.4 Å². The minimum absolute atomic E-state index is 0.00962. The van der Waals surface area contributed by atoms with Crippen molar-refractivity contribution in [2.75, 3.05) is 25.5 Å². The number of benzene rings is 2. The number of nitro groups is 1. The number of ether oxygens (including phenoxy) is 1. The molecule has 0 aliphatic heterocycles. The number of carbonyl (C=O) groups excluding carboxylic acids is 1. The Balaban J connectivity index is 1.80. The molecule has 2 aromatic rings. The van der Waals surface area contributed by atoms with Crippen molar-refractivity contribution < 1.29 is 18.8 Å². The number of hydrogen-bond acceptors (Lipinski definition) is 5. The van der Waals surface area contributed by atoms with Crippen LogP contribution in [0.25, 0.3) is 0 Å². The summed E-state index contributed by atoms with van der Waals surface area (Å²) in [5.41, 5.74) is 0.907. The molecule has 0 saturated carbocycles. The second kappa shape index (κ2) is 7.91. The van der Waals surface area contributed by atoms with Crippen LogP contribution in [0.5, 0.6) is 5.75 Å². The molecule has 0 aromatic heterocycles. The topological polar surface area (TPSA) is 93.5 Å². The number of nitro benzene ring substituents is 1. The minimum atomic E-state index is -0.603. The van der Waals surface area contributed by atoms with E-state index < -0.39 is 16.6 Å². The number of non-ortho nitro benzene ring substituents is 1. The number of nitrogens with one attached hydrogen (secondary N) is 2. The average Bonchev–Trinajstić information content (AvgIpc) is 2.58. The van der Waals surface area contributed by atoms with E-state index in [1.54, 1.807) is 12.1 Å². The van der Waals surface area contributed by atoms with Crippen LogP contribution in [-0.2, 0) is 0 Å². The predicted molar refractivity (Wildman–Crippen MR) is 86.9 cm³/mol. The van der Waals surface area contributed by atoms with Gasteiger partial charge in [0.1, 0.15) is 0 Å². The quantitative estimate of drug-likeness (QED) is 0.461. The van der Waals surface area contributed by atoms with Crippen LogP contribution in [-0.4, -0.2) is 31.0 Å². The van der Waals surface area contributed by atoms with Crippen LogP contribution in [0.1, 0.15) is 10.4 Å². The van der Waals surface area contributed by atoms with Crippen LogP contribution < -0.4 is 15.4 Å². The first kappa shape index (κ1) is 17.2. The SMILES string of the molecule is COc1ccc(C(=O)NCCNc2ccc([N+](=O)[O-])cc2)cc1F. The van der Waals surface area contributed by atoms with Gasteiger partial charge in [-0.2, -0.15) is 0 Å². The summed E-state index contributed by atoms with van der Waals surface area (Å²) < 4.78 is 18.3.